The summed E-state index contributed by atoms with van der Waals surface area (Å²) in [5.41, 5.74) is 2.91. The number of nitrogens with one attached hydrogen (secondary N) is 2. The van der Waals surface area contributed by atoms with Crippen molar-refractivity contribution in [3.05, 3.63) is 28.8 Å². The van der Waals surface area contributed by atoms with Gasteiger partial charge in [-0.25, -0.2) is 10.3 Å². The Labute approximate surface area is 80.5 Å². The van der Waals surface area contributed by atoms with Gasteiger partial charge < -0.3 is 5.32 Å². The molecule has 70 valence electrons. The van der Waals surface area contributed by atoms with Crippen molar-refractivity contribution in [3.63, 3.8) is 0 Å². The number of hydrogen-bond donors (Lipinski definition) is 3. The van der Waals surface area contributed by atoms with Gasteiger partial charge in [0.2, 0.25) is 0 Å². The maximum absolute atomic E-state index is 10.7. The van der Waals surface area contributed by atoms with Gasteiger partial charge in [-0.3, -0.25) is 5.21 Å². The molecule has 0 atom stereocenters. The Balaban J connectivity index is 2.79. The number of amides is 2. The minimum atomic E-state index is -0.695. The van der Waals surface area contributed by atoms with E-state index in [1.165, 1.54) is 5.48 Å². The number of hydrogen-bond acceptors (Lipinski definition) is 2. The zero-order valence-corrected chi connectivity index (χ0v) is 7.72. The molecule has 1 rings (SSSR count). The van der Waals surface area contributed by atoms with Crippen molar-refractivity contribution >= 4 is 23.3 Å². The van der Waals surface area contributed by atoms with E-state index < -0.39 is 6.03 Å². The minimum Gasteiger partial charge on any atom is -0.306 e. The smallest absolute Gasteiger partial charge is 0.306 e. The van der Waals surface area contributed by atoms with Gasteiger partial charge in [0, 0.05) is 10.7 Å². The van der Waals surface area contributed by atoms with E-state index in [0.29, 0.717) is 10.7 Å². The van der Waals surface area contributed by atoms with Crippen molar-refractivity contribution in [2.45, 2.75) is 6.92 Å². The molecule has 0 unspecified atom stereocenters. The van der Waals surface area contributed by atoms with Gasteiger partial charge in [-0.15, -0.1) is 0 Å². The molecule has 0 bridgehead atoms. The molecule has 0 aliphatic rings. The van der Waals surface area contributed by atoms with E-state index in [1.807, 2.05) is 6.92 Å². The maximum atomic E-state index is 10.7. The first kappa shape index (κ1) is 9.83. The lowest BCUT2D eigenvalue weighted by Crippen LogP contribution is -2.24. The van der Waals surface area contributed by atoms with Crippen LogP contribution in [0.25, 0.3) is 0 Å². The van der Waals surface area contributed by atoms with Crippen molar-refractivity contribution < 1.29 is 10.0 Å². The number of halogens is 1. The van der Waals surface area contributed by atoms with E-state index >= 15 is 0 Å². The van der Waals surface area contributed by atoms with Gasteiger partial charge in [0.1, 0.15) is 0 Å². The molecule has 0 aromatic heterocycles. The summed E-state index contributed by atoms with van der Waals surface area (Å²) in [6.45, 7) is 1.86. The molecule has 4 nitrogen and oxygen atoms in total. The Morgan fingerprint density at radius 2 is 2.23 bits per heavy atom. The van der Waals surface area contributed by atoms with Crippen LogP contribution in [0.2, 0.25) is 5.02 Å². The predicted octanol–water partition coefficient (Wildman–Crippen LogP) is 2.16. The number of anilines is 1. The number of benzene rings is 1. The summed E-state index contributed by atoms with van der Waals surface area (Å²) in [6, 6.07) is 4.37. The first-order chi connectivity index (χ1) is 6.13. The molecule has 3 N–H and O–H groups in total. The van der Waals surface area contributed by atoms with Crippen LogP contribution in [-0.4, -0.2) is 11.2 Å². The van der Waals surface area contributed by atoms with Crippen LogP contribution in [0.3, 0.4) is 0 Å². The molecule has 0 saturated heterocycles. The van der Waals surface area contributed by atoms with Crippen LogP contribution < -0.4 is 10.8 Å². The minimum absolute atomic E-state index is 0.530. The highest BCUT2D eigenvalue weighted by atomic mass is 35.5. The van der Waals surface area contributed by atoms with Gasteiger partial charge in [-0.2, -0.15) is 0 Å². The number of aryl methyl sites for hydroxylation is 1. The van der Waals surface area contributed by atoms with Crippen LogP contribution in [0.15, 0.2) is 18.2 Å². The summed E-state index contributed by atoms with van der Waals surface area (Å²) in [5, 5.41) is 11.2. The zero-order valence-electron chi connectivity index (χ0n) is 6.97. The molecule has 1 aromatic rings. The van der Waals surface area contributed by atoms with Crippen molar-refractivity contribution in [2.75, 3.05) is 5.32 Å². The fourth-order valence-electron chi connectivity index (χ4n) is 0.830. The molecule has 2 amide bonds. The number of hydroxylamine groups is 1. The van der Waals surface area contributed by atoms with E-state index in [4.69, 9.17) is 16.8 Å². The quantitative estimate of drug-likeness (QED) is 0.481. The lowest BCUT2D eigenvalue weighted by molar-refractivity contribution is 0.172. The van der Waals surface area contributed by atoms with Crippen molar-refractivity contribution in [1.29, 1.82) is 0 Å². The molecule has 0 saturated carbocycles. The molecule has 1 aromatic carbocycles. The SMILES string of the molecule is Cc1ccc(NC(=O)NO)cc1Cl. The molecule has 0 heterocycles. The summed E-state index contributed by atoms with van der Waals surface area (Å²) in [6.07, 6.45) is 0. The number of carbonyl (C=O) groups excluding carboxylic acids is 1. The van der Waals surface area contributed by atoms with Crippen LogP contribution in [0.4, 0.5) is 10.5 Å². The van der Waals surface area contributed by atoms with Gasteiger partial charge in [0.15, 0.2) is 0 Å². The third-order valence-electron chi connectivity index (χ3n) is 1.53. The first-order valence-electron chi connectivity index (χ1n) is 3.60. The summed E-state index contributed by atoms with van der Waals surface area (Å²) in [4.78, 5) is 10.7. The van der Waals surface area contributed by atoms with Gasteiger partial charge in [0.05, 0.1) is 0 Å². The third-order valence-corrected chi connectivity index (χ3v) is 1.94. The monoisotopic (exact) mass is 200 g/mol. The molecular formula is C8H9ClN2O2. The van der Waals surface area contributed by atoms with E-state index in [-0.39, 0.29) is 0 Å². The molecule has 5 heteroatoms. The highest BCUT2D eigenvalue weighted by Gasteiger charge is 2.01. The van der Waals surface area contributed by atoms with Crippen molar-refractivity contribution in [3.8, 4) is 0 Å². The van der Waals surface area contributed by atoms with Gasteiger partial charge in [0.25, 0.3) is 0 Å². The maximum Gasteiger partial charge on any atom is 0.342 e. The van der Waals surface area contributed by atoms with Crippen LogP contribution in [0.5, 0.6) is 0 Å². The Hall–Kier alpha value is -1.26. The van der Waals surface area contributed by atoms with Crippen molar-refractivity contribution in [2.24, 2.45) is 0 Å². The number of carbonyl (C=O) groups is 1. The normalized spacial score (nSPS) is 9.46. The van der Waals surface area contributed by atoms with Gasteiger partial charge >= 0.3 is 6.03 Å². The Morgan fingerprint density at radius 3 is 2.77 bits per heavy atom. The average molecular weight is 201 g/mol. The Morgan fingerprint density at radius 1 is 1.54 bits per heavy atom. The first-order valence-corrected chi connectivity index (χ1v) is 3.98. The molecule has 0 fully saturated rings. The second kappa shape index (κ2) is 4.11. The molecule has 13 heavy (non-hydrogen) atoms. The number of rotatable bonds is 1. The summed E-state index contributed by atoms with van der Waals surface area (Å²) >= 11 is 5.81. The third kappa shape index (κ3) is 2.61. The van der Waals surface area contributed by atoms with E-state index in [9.17, 15) is 4.79 Å². The lowest BCUT2D eigenvalue weighted by atomic mass is 10.2. The predicted molar refractivity (Wildman–Crippen MR) is 50.1 cm³/mol. The largest absolute Gasteiger partial charge is 0.342 e. The van der Waals surface area contributed by atoms with Crippen LogP contribution in [-0.2, 0) is 0 Å². The van der Waals surface area contributed by atoms with Crippen LogP contribution >= 0.6 is 11.6 Å². The highest BCUT2D eigenvalue weighted by Crippen LogP contribution is 2.19. The molecule has 0 spiro atoms. The lowest BCUT2D eigenvalue weighted by Gasteiger charge is -2.04. The van der Waals surface area contributed by atoms with Crippen LogP contribution in [0, 0.1) is 6.92 Å². The summed E-state index contributed by atoms with van der Waals surface area (Å²) in [7, 11) is 0. The fraction of sp³-hybridized carbons (Fsp3) is 0.125. The van der Waals surface area contributed by atoms with E-state index in [2.05, 4.69) is 5.32 Å². The van der Waals surface area contributed by atoms with Gasteiger partial charge in [-0.1, -0.05) is 17.7 Å². The zero-order chi connectivity index (χ0) is 9.84. The summed E-state index contributed by atoms with van der Waals surface area (Å²) in [5.74, 6) is 0. The summed E-state index contributed by atoms with van der Waals surface area (Å²) < 4.78 is 0. The van der Waals surface area contributed by atoms with E-state index in [0.717, 1.165) is 5.56 Å². The topological polar surface area (TPSA) is 61.4 Å². The average Bonchev–Trinajstić information content (AvgIpc) is 2.11. The Kier molecular flexibility index (Phi) is 3.11. The molecular weight excluding hydrogens is 192 g/mol. The Bertz CT molecular complexity index is 328. The van der Waals surface area contributed by atoms with Crippen molar-refractivity contribution in [1.82, 2.24) is 5.48 Å². The second-order valence-electron chi connectivity index (χ2n) is 2.53. The van der Waals surface area contributed by atoms with Crippen LogP contribution in [0.1, 0.15) is 5.56 Å². The highest BCUT2D eigenvalue weighted by molar-refractivity contribution is 6.31. The van der Waals surface area contributed by atoms with E-state index in [1.54, 1.807) is 18.2 Å². The second-order valence-corrected chi connectivity index (χ2v) is 2.94. The molecule has 0 radical (unpaired) electrons. The molecule has 0 aliphatic heterocycles. The van der Waals surface area contributed by atoms with Gasteiger partial charge in [-0.05, 0) is 24.6 Å². The standard InChI is InChI=1S/C8H9ClN2O2/c1-5-2-3-6(4-7(5)9)10-8(12)11-13/h2-4,13H,1H3,(H2,10,11,12). The number of urea groups is 1. The molecule has 0 aliphatic carbocycles. The fourth-order valence-corrected chi connectivity index (χ4v) is 1.01.